The van der Waals surface area contributed by atoms with Gasteiger partial charge in [-0.3, -0.25) is 9.20 Å². The van der Waals surface area contributed by atoms with Gasteiger partial charge in [-0.2, -0.15) is 0 Å². The zero-order chi connectivity index (χ0) is 18.8. The number of carbonyl (C=O) groups excluding carboxylic acids is 1. The van der Waals surface area contributed by atoms with Crippen molar-refractivity contribution in [1.29, 1.82) is 0 Å². The molecule has 2 aromatic heterocycles. The van der Waals surface area contributed by atoms with E-state index in [0.29, 0.717) is 11.4 Å². The van der Waals surface area contributed by atoms with Crippen molar-refractivity contribution in [3.8, 4) is 17.0 Å². The lowest BCUT2D eigenvalue weighted by molar-refractivity contribution is -0.115. The monoisotopic (exact) mass is 381 g/mol. The molecule has 0 spiro atoms. The number of amides is 1. The van der Waals surface area contributed by atoms with Gasteiger partial charge in [0.1, 0.15) is 11.6 Å². The lowest BCUT2D eigenvalue weighted by Crippen LogP contribution is -2.15. The van der Waals surface area contributed by atoms with E-state index in [0.717, 1.165) is 21.9 Å². The summed E-state index contributed by atoms with van der Waals surface area (Å²) in [5, 5.41) is 4.79. The summed E-state index contributed by atoms with van der Waals surface area (Å²) in [6, 6.07) is 13.5. The third-order valence-electron chi connectivity index (χ3n) is 4.15. The first kappa shape index (κ1) is 17.2. The van der Waals surface area contributed by atoms with E-state index in [-0.39, 0.29) is 18.1 Å². The van der Waals surface area contributed by atoms with Crippen LogP contribution in [0.1, 0.15) is 5.69 Å². The minimum Gasteiger partial charge on any atom is -0.495 e. The Morgan fingerprint density at radius 1 is 1.22 bits per heavy atom. The van der Waals surface area contributed by atoms with Crippen molar-refractivity contribution in [3.05, 3.63) is 71.6 Å². The molecule has 1 N–H and O–H groups in total. The molecule has 2 aromatic carbocycles. The first-order chi connectivity index (χ1) is 13.1. The zero-order valence-electron chi connectivity index (χ0n) is 14.5. The Morgan fingerprint density at radius 3 is 2.78 bits per heavy atom. The van der Waals surface area contributed by atoms with Gasteiger partial charge in [0.05, 0.1) is 24.9 Å². The Kier molecular flexibility index (Phi) is 4.60. The van der Waals surface area contributed by atoms with Gasteiger partial charge in [0, 0.05) is 22.8 Å². The fourth-order valence-corrected chi connectivity index (χ4v) is 3.70. The van der Waals surface area contributed by atoms with Gasteiger partial charge in [-0.25, -0.2) is 9.37 Å². The van der Waals surface area contributed by atoms with Crippen LogP contribution >= 0.6 is 11.3 Å². The van der Waals surface area contributed by atoms with Crippen molar-refractivity contribution in [2.75, 3.05) is 12.4 Å². The largest absolute Gasteiger partial charge is 0.495 e. The van der Waals surface area contributed by atoms with Crippen LogP contribution in [-0.4, -0.2) is 22.4 Å². The van der Waals surface area contributed by atoms with Crippen LogP contribution in [0.2, 0.25) is 0 Å². The molecule has 0 aliphatic carbocycles. The molecule has 136 valence electrons. The van der Waals surface area contributed by atoms with Gasteiger partial charge in [0.15, 0.2) is 4.96 Å². The van der Waals surface area contributed by atoms with E-state index in [2.05, 4.69) is 10.3 Å². The average Bonchev–Trinajstić information content (AvgIpc) is 3.25. The molecule has 0 saturated heterocycles. The molecule has 0 unspecified atom stereocenters. The molecule has 27 heavy (non-hydrogen) atoms. The Hall–Kier alpha value is -3.19. The number of benzene rings is 2. The highest BCUT2D eigenvalue weighted by Gasteiger charge is 2.14. The zero-order valence-corrected chi connectivity index (χ0v) is 15.3. The second-order valence-corrected chi connectivity index (χ2v) is 6.77. The molecular weight excluding hydrogens is 365 g/mol. The third-order valence-corrected chi connectivity index (χ3v) is 5.03. The molecule has 7 heteroatoms. The first-order valence-electron chi connectivity index (χ1n) is 8.28. The number of carbonyl (C=O) groups is 1. The lowest BCUT2D eigenvalue weighted by Gasteiger charge is -2.09. The number of thiazole rings is 1. The number of anilines is 1. The van der Waals surface area contributed by atoms with Crippen molar-refractivity contribution >= 4 is 27.9 Å². The number of methoxy groups -OCH3 is 1. The number of hydrogen-bond acceptors (Lipinski definition) is 4. The van der Waals surface area contributed by atoms with E-state index in [9.17, 15) is 9.18 Å². The summed E-state index contributed by atoms with van der Waals surface area (Å²) in [5.41, 5.74) is 3.04. The average molecular weight is 381 g/mol. The number of para-hydroxylation sites is 2. The van der Waals surface area contributed by atoms with Crippen LogP contribution in [0.5, 0.6) is 5.75 Å². The number of rotatable bonds is 5. The standard InChI is InChI=1S/C20H16FN3O2S/c1-26-18-5-3-2-4-16(18)22-19(25)10-15-12-27-20-23-17(11-24(15)20)13-6-8-14(21)9-7-13/h2-9,11-12H,10H2,1H3,(H,22,25). The SMILES string of the molecule is COc1ccccc1NC(=O)Cc1csc2nc(-c3ccc(F)cc3)cn12. The van der Waals surface area contributed by atoms with E-state index in [4.69, 9.17) is 4.74 Å². The molecule has 0 bridgehead atoms. The van der Waals surface area contributed by atoms with Crippen LogP contribution in [0.15, 0.2) is 60.1 Å². The molecule has 1 amide bonds. The van der Waals surface area contributed by atoms with E-state index in [1.807, 2.05) is 28.1 Å². The molecule has 5 nitrogen and oxygen atoms in total. The van der Waals surface area contributed by atoms with Gasteiger partial charge >= 0.3 is 0 Å². The number of imidazole rings is 1. The second kappa shape index (κ2) is 7.20. The van der Waals surface area contributed by atoms with Crippen LogP contribution in [0, 0.1) is 5.82 Å². The summed E-state index contributed by atoms with van der Waals surface area (Å²) in [7, 11) is 1.57. The molecule has 0 atom stereocenters. The smallest absolute Gasteiger partial charge is 0.230 e. The number of aromatic nitrogens is 2. The maximum absolute atomic E-state index is 13.1. The molecule has 4 aromatic rings. The predicted octanol–water partition coefficient (Wildman–Crippen LogP) is 4.39. The second-order valence-electron chi connectivity index (χ2n) is 5.94. The maximum Gasteiger partial charge on any atom is 0.230 e. The summed E-state index contributed by atoms with van der Waals surface area (Å²) >= 11 is 1.46. The van der Waals surface area contributed by atoms with Crippen LogP contribution in [-0.2, 0) is 11.2 Å². The molecule has 0 aliphatic rings. The summed E-state index contributed by atoms with van der Waals surface area (Å²) in [6.45, 7) is 0. The van der Waals surface area contributed by atoms with E-state index >= 15 is 0 Å². The maximum atomic E-state index is 13.1. The topological polar surface area (TPSA) is 55.6 Å². The van der Waals surface area contributed by atoms with Crippen LogP contribution < -0.4 is 10.1 Å². The van der Waals surface area contributed by atoms with Gasteiger partial charge in [-0.15, -0.1) is 11.3 Å². The molecule has 2 heterocycles. The Balaban J connectivity index is 1.55. The minimum absolute atomic E-state index is 0.142. The number of nitrogens with one attached hydrogen (secondary N) is 1. The molecule has 0 fully saturated rings. The molecular formula is C20H16FN3O2S. The van der Waals surface area contributed by atoms with Gasteiger partial charge in [-0.1, -0.05) is 12.1 Å². The highest BCUT2D eigenvalue weighted by atomic mass is 32.1. The minimum atomic E-state index is -0.284. The Labute approximate surface area is 159 Å². The van der Waals surface area contributed by atoms with Crippen LogP contribution in [0.25, 0.3) is 16.2 Å². The van der Waals surface area contributed by atoms with Crippen molar-refractivity contribution in [2.24, 2.45) is 0 Å². The number of hydrogen-bond donors (Lipinski definition) is 1. The highest BCUT2D eigenvalue weighted by Crippen LogP contribution is 2.26. The fourth-order valence-electron chi connectivity index (χ4n) is 2.82. The van der Waals surface area contributed by atoms with Crippen molar-refractivity contribution in [2.45, 2.75) is 6.42 Å². The summed E-state index contributed by atoms with van der Waals surface area (Å²) in [4.78, 5) is 17.8. The van der Waals surface area contributed by atoms with Crippen molar-refractivity contribution in [3.63, 3.8) is 0 Å². The fraction of sp³-hybridized carbons (Fsp3) is 0.100. The van der Waals surface area contributed by atoms with E-state index < -0.39 is 0 Å². The van der Waals surface area contributed by atoms with Gasteiger partial charge in [0.2, 0.25) is 5.91 Å². The molecule has 0 aliphatic heterocycles. The Morgan fingerprint density at radius 2 is 2.00 bits per heavy atom. The van der Waals surface area contributed by atoms with Crippen LogP contribution in [0.4, 0.5) is 10.1 Å². The summed E-state index contributed by atoms with van der Waals surface area (Å²) in [5.74, 6) is 0.187. The quantitative estimate of drug-likeness (QED) is 0.558. The van der Waals surface area contributed by atoms with Gasteiger partial charge in [0.25, 0.3) is 0 Å². The summed E-state index contributed by atoms with van der Waals surface area (Å²) in [6.07, 6.45) is 2.07. The number of ether oxygens (including phenoxy) is 1. The van der Waals surface area contributed by atoms with Gasteiger partial charge < -0.3 is 10.1 Å². The Bertz CT molecular complexity index is 1100. The number of nitrogens with zero attached hydrogens (tertiary/aromatic N) is 2. The molecule has 4 rings (SSSR count). The molecule has 0 saturated carbocycles. The number of halogens is 1. The van der Waals surface area contributed by atoms with E-state index in [1.54, 1.807) is 31.4 Å². The third kappa shape index (κ3) is 3.54. The van der Waals surface area contributed by atoms with Crippen molar-refractivity contribution < 1.29 is 13.9 Å². The number of fused-ring (bicyclic) bond motifs is 1. The van der Waals surface area contributed by atoms with Crippen LogP contribution in [0.3, 0.4) is 0 Å². The lowest BCUT2D eigenvalue weighted by atomic mass is 10.2. The van der Waals surface area contributed by atoms with Gasteiger partial charge in [-0.05, 0) is 36.4 Å². The van der Waals surface area contributed by atoms with Crippen molar-refractivity contribution in [1.82, 2.24) is 9.38 Å². The first-order valence-corrected chi connectivity index (χ1v) is 9.16. The highest BCUT2D eigenvalue weighted by molar-refractivity contribution is 7.15. The molecule has 0 radical (unpaired) electrons. The predicted molar refractivity (Wildman–Crippen MR) is 104 cm³/mol. The summed E-state index contributed by atoms with van der Waals surface area (Å²) < 4.78 is 20.3. The normalized spacial score (nSPS) is 10.9. The van der Waals surface area contributed by atoms with E-state index in [1.165, 1.54) is 23.5 Å².